The molecular weight excluding hydrogens is 230 g/mol. The molecule has 0 aliphatic carbocycles. The summed E-state index contributed by atoms with van der Waals surface area (Å²) >= 11 is 0. The van der Waals surface area contributed by atoms with Gasteiger partial charge in [-0.3, -0.25) is 4.79 Å². The molecule has 0 saturated heterocycles. The third kappa shape index (κ3) is 4.59. The van der Waals surface area contributed by atoms with E-state index < -0.39 is 0 Å². The molecule has 1 aromatic rings. The molecule has 98 valence electrons. The number of hydrogen-bond acceptors (Lipinski definition) is 3. The molecule has 0 aliphatic heterocycles. The summed E-state index contributed by atoms with van der Waals surface area (Å²) in [5.74, 6) is 0.557. The zero-order valence-electron chi connectivity index (χ0n) is 10.6. The number of nitrogens with one attached hydrogen (secondary N) is 1. The van der Waals surface area contributed by atoms with Crippen LogP contribution >= 0.6 is 0 Å². The zero-order valence-corrected chi connectivity index (χ0v) is 10.6. The van der Waals surface area contributed by atoms with Gasteiger partial charge in [0.15, 0.2) is 0 Å². The van der Waals surface area contributed by atoms with E-state index in [1.807, 2.05) is 6.92 Å². The van der Waals surface area contributed by atoms with Gasteiger partial charge in [0.05, 0.1) is 0 Å². The predicted octanol–water partition coefficient (Wildman–Crippen LogP) is 1.75. The molecule has 0 aliphatic rings. The number of carbonyl (C=O) groups excluding carboxylic acids is 1. The van der Waals surface area contributed by atoms with Gasteiger partial charge in [-0.2, -0.15) is 0 Å². The topological polar surface area (TPSA) is 58.6 Å². The SMILES string of the molecule is C=CCOc1ccc(C(=O)NC(C)CCO)cc1. The highest BCUT2D eigenvalue weighted by atomic mass is 16.5. The van der Waals surface area contributed by atoms with Gasteiger partial charge in [-0.1, -0.05) is 12.7 Å². The van der Waals surface area contributed by atoms with Gasteiger partial charge in [0, 0.05) is 18.2 Å². The normalized spacial score (nSPS) is 11.7. The highest BCUT2D eigenvalue weighted by Crippen LogP contribution is 2.12. The molecule has 4 nitrogen and oxygen atoms in total. The minimum absolute atomic E-state index is 0.0424. The number of aliphatic hydroxyl groups excluding tert-OH is 1. The number of benzene rings is 1. The molecule has 2 N–H and O–H groups in total. The summed E-state index contributed by atoms with van der Waals surface area (Å²) in [6, 6.07) is 6.86. The van der Waals surface area contributed by atoms with Crippen LogP contribution in [0.3, 0.4) is 0 Å². The number of rotatable bonds is 7. The summed E-state index contributed by atoms with van der Waals surface area (Å²) in [6.45, 7) is 5.93. The average molecular weight is 249 g/mol. The Morgan fingerprint density at radius 2 is 2.17 bits per heavy atom. The van der Waals surface area contributed by atoms with Crippen molar-refractivity contribution >= 4 is 5.91 Å². The van der Waals surface area contributed by atoms with Gasteiger partial charge in [-0.15, -0.1) is 0 Å². The summed E-state index contributed by atoms with van der Waals surface area (Å²) in [5.41, 5.74) is 0.575. The van der Waals surface area contributed by atoms with Crippen LogP contribution in [0.15, 0.2) is 36.9 Å². The second-order valence-corrected chi connectivity index (χ2v) is 4.01. The quantitative estimate of drug-likeness (QED) is 0.724. The first-order chi connectivity index (χ1) is 8.67. The fourth-order valence-corrected chi connectivity index (χ4v) is 1.43. The van der Waals surface area contributed by atoms with E-state index in [-0.39, 0.29) is 18.6 Å². The van der Waals surface area contributed by atoms with Crippen LogP contribution in [0.5, 0.6) is 5.75 Å². The molecule has 1 aromatic carbocycles. The van der Waals surface area contributed by atoms with Gasteiger partial charge in [-0.05, 0) is 37.6 Å². The van der Waals surface area contributed by atoms with Gasteiger partial charge in [0.25, 0.3) is 5.91 Å². The molecule has 1 amide bonds. The maximum absolute atomic E-state index is 11.8. The van der Waals surface area contributed by atoms with Crippen LogP contribution in [0.25, 0.3) is 0 Å². The van der Waals surface area contributed by atoms with Crippen LogP contribution in [0.1, 0.15) is 23.7 Å². The van der Waals surface area contributed by atoms with Crippen molar-refractivity contribution < 1.29 is 14.6 Å². The van der Waals surface area contributed by atoms with Gasteiger partial charge in [-0.25, -0.2) is 0 Å². The third-order valence-corrected chi connectivity index (χ3v) is 2.42. The lowest BCUT2D eigenvalue weighted by Crippen LogP contribution is -2.33. The van der Waals surface area contributed by atoms with Gasteiger partial charge in [0.1, 0.15) is 12.4 Å². The summed E-state index contributed by atoms with van der Waals surface area (Å²) in [6.07, 6.45) is 2.21. The molecule has 0 fully saturated rings. The lowest BCUT2D eigenvalue weighted by Gasteiger charge is -2.12. The second-order valence-electron chi connectivity index (χ2n) is 4.01. The van der Waals surface area contributed by atoms with Crippen LogP contribution in [-0.2, 0) is 0 Å². The average Bonchev–Trinajstić information content (AvgIpc) is 2.37. The summed E-state index contributed by atoms with van der Waals surface area (Å²) in [4.78, 5) is 11.8. The molecule has 1 unspecified atom stereocenters. The smallest absolute Gasteiger partial charge is 0.251 e. The maximum Gasteiger partial charge on any atom is 0.251 e. The third-order valence-electron chi connectivity index (χ3n) is 2.42. The van der Waals surface area contributed by atoms with E-state index in [1.165, 1.54) is 0 Å². The van der Waals surface area contributed by atoms with Gasteiger partial charge in [0.2, 0.25) is 0 Å². The fraction of sp³-hybridized carbons (Fsp3) is 0.357. The van der Waals surface area contributed by atoms with Crippen LogP contribution in [-0.4, -0.2) is 30.3 Å². The van der Waals surface area contributed by atoms with Crippen LogP contribution in [0.2, 0.25) is 0 Å². The summed E-state index contributed by atoms with van der Waals surface area (Å²) in [5, 5.41) is 11.6. The minimum Gasteiger partial charge on any atom is -0.490 e. The molecule has 4 heteroatoms. The molecule has 0 saturated carbocycles. The first kappa shape index (κ1) is 14.3. The van der Waals surface area contributed by atoms with Crippen molar-refractivity contribution in [2.24, 2.45) is 0 Å². The Hall–Kier alpha value is -1.81. The Bertz CT molecular complexity index is 387. The number of hydrogen-bond donors (Lipinski definition) is 2. The highest BCUT2D eigenvalue weighted by molar-refractivity contribution is 5.94. The second kappa shape index (κ2) is 7.50. The lowest BCUT2D eigenvalue weighted by atomic mass is 10.1. The van der Waals surface area contributed by atoms with Crippen molar-refractivity contribution in [3.63, 3.8) is 0 Å². The standard InChI is InChI=1S/C14H19NO3/c1-3-10-18-13-6-4-12(5-7-13)14(17)15-11(2)8-9-16/h3-7,11,16H,1,8-10H2,2H3,(H,15,17). The molecule has 0 bridgehead atoms. The van der Waals surface area contributed by atoms with Crippen molar-refractivity contribution in [1.29, 1.82) is 0 Å². The summed E-state index contributed by atoms with van der Waals surface area (Å²) < 4.78 is 5.33. The number of aliphatic hydroxyl groups is 1. The first-order valence-corrected chi connectivity index (χ1v) is 5.93. The Morgan fingerprint density at radius 3 is 2.72 bits per heavy atom. The largest absolute Gasteiger partial charge is 0.490 e. The van der Waals surface area contributed by atoms with Crippen LogP contribution in [0, 0.1) is 0 Å². The molecular formula is C14H19NO3. The van der Waals surface area contributed by atoms with Crippen LogP contribution < -0.4 is 10.1 Å². The van der Waals surface area contributed by atoms with Crippen molar-refractivity contribution in [3.05, 3.63) is 42.5 Å². The molecule has 18 heavy (non-hydrogen) atoms. The number of carbonyl (C=O) groups is 1. The van der Waals surface area contributed by atoms with Crippen molar-refractivity contribution in [2.45, 2.75) is 19.4 Å². The van der Waals surface area contributed by atoms with E-state index in [2.05, 4.69) is 11.9 Å². The Morgan fingerprint density at radius 1 is 1.50 bits per heavy atom. The first-order valence-electron chi connectivity index (χ1n) is 5.93. The molecule has 1 atom stereocenters. The molecule has 1 rings (SSSR count). The molecule has 0 aromatic heterocycles. The van der Waals surface area contributed by atoms with E-state index >= 15 is 0 Å². The predicted molar refractivity (Wildman–Crippen MR) is 70.8 cm³/mol. The number of amides is 1. The van der Waals surface area contributed by atoms with Crippen LogP contribution in [0.4, 0.5) is 0 Å². The monoisotopic (exact) mass is 249 g/mol. The van der Waals surface area contributed by atoms with Crippen molar-refractivity contribution in [3.8, 4) is 5.75 Å². The Kier molecular flexibility index (Phi) is 5.94. The van der Waals surface area contributed by atoms with Gasteiger partial charge >= 0.3 is 0 Å². The Labute approximate surface area is 107 Å². The van der Waals surface area contributed by atoms with Crippen molar-refractivity contribution in [1.82, 2.24) is 5.32 Å². The Balaban J connectivity index is 2.55. The zero-order chi connectivity index (χ0) is 13.4. The van der Waals surface area contributed by atoms with E-state index in [0.717, 1.165) is 0 Å². The fourth-order valence-electron chi connectivity index (χ4n) is 1.43. The molecule has 0 heterocycles. The van der Waals surface area contributed by atoms with E-state index in [1.54, 1.807) is 30.3 Å². The molecule has 0 spiro atoms. The van der Waals surface area contributed by atoms with Gasteiger partial charge < -0.3 is 15.2 Å². The minimum atomic E-state index is -0.147. The van der Waals surface area contributed by atoms with E-state index in [9.17, 15) is 4.79 Å². The molecule has 0 radical (unpaired) electrons. The summed E-state index contributed by atoms with van der Waals surface area (Å²) in [7, 11) is 0. The van der Waals surface area contributed by atoms with E-state index in [0.29, 0.717) is 24.3 Å². The number of ether oxygens (including phenoxy) is 1. The highest BCUT2D eigenvalue weighted by Gasteiger charge is 2.09. The van der Waals surface area contributed by atoms with E-state index in [4.69, 9.17) is 9.84 Å². The lowest BCUT2D eigenvalue weighted by molar-refractivity contribution is 0.0934. The van der Waals surface area contributed by atoms with Crippen molar-refractivity contribution in [2.75, 3.05) is 13.2 Å². The maximum atomic E-state index is 11.8.